The van der Waals surface area contributed by atoms with E-state index in [9.17, 15) is 4.79 Å². The lowest BCUT2D eigenvalue weighted by molar-refractivity contribution is -0.143. The van der Waals surface area contributed by atoms with E-state index in [1.807, 2.05) is 19.1 Å². The molecule has 1 fully saturated rings. The summed E-state index contributed by atoms with van der Waals surface area (Å²) < 4.78 is 6.87. The number of hydrogen-bond donors (Lipinski definition) is 0. The van der Waals surface area contributed by atoms with E-state index in [0.29, 0.717) is 37.0 Å². The molecule has 33 heavy (non-hydrogen) atoms. The number of rotatable bonds is 8. The number of esters is 1. The Labute approximate surface area is 192 Å². The molecule has 0 saturated carbocycles. The van der Waals surface area contributed by atoms with Gasteiger partial charge in [-0.25, -0.2) is 24.6 Å². The van der Waals surface area contributed by atoms with Gasteiger partial charge in [-0.3, -0.25) is 4.79 Å². The van der Waals surface area contributed by atoms with E-state index in [2.05, 4.69) is 48.7 Å². The maximum Gasteiger partial charge on any atom is 0.305 e. The molecule has 0 spiro atoms. The zero-order chi connectivity index (χ0) is 23.2. The van der Waals surface area contributed by atoms with Gasteiger partial charge in [0.15, 0.2) is 5.82 Å². The Morgan fingerprint density at radius 3 is 2.58 bits per heavy atom. The van der Waals surface area contributed by atoms with Crippen LogP contribution in [0, 0.1) is 0 Å². The minimum Gasteiger partial charge on any atom is -0.465 e. The van der Waals surface area contributed by atoms with Crippen molar-refractivity contribution in [2.24, 2.45) is 0 Å². The van der Waals surface area contributed by atoms with Crippen LogP contribution in [0.2, 0.25) is 0 Å². The lowest BCUT2D eigenvalue weighted by atomic mass is 10.1. The van der Waals surface area contributed by atoms with Crippen LogP contribution in [-0.4, -0.2) is 72.4 Å². The molecule has 0 N–H and O–H groups in total. The first-order valence-corrected chi connectivity index (χ1v) is 11.2. The highest BCUT2D eigenvalue weighted by Crippen LogP contribution is 2.25. The SMILES string of the molecule is CCCC(=O)OCCc1nccc(N2[C@H](C)CN(c3nccc(-n4cncn4)n3)C[C@@H]2C)n1. The molecular formula is C22H29N9O2. The Morgan fingerprint density at radius 2 is 1.85 bits per heavy atom. The van der Waals surface area contributed by atoms with Crippen LogP contribution in [0.4, 0.5) is 11.8 Å². The quantitative estimate of drug-likeness (QED) is 0.470. The second-order valence-corrected chi connectivity index (χ2v) is 8.12. The summed E-state index contributed by atoms with van der Waals surface area (Å²) in [5.41, 5.74) is 0. The second-order valence-electron chi connectivity index (χ2n) is 8.12. The third-order valence-corrected chi connectivity index (χ3v) is 5.48. The number of piperazine rings is 1. The van der Waals surface area contributed by atoms with E-state index in [-0.39, 0.29) is 18.1 Å². The molecule has 11 nitrogen and oxygen atoms in total. The van der Waals surface area contributed by atoms with Crippen molar-refractivity contribution in [1.82, 2.24) is 34.7 Å². The van der Waals surface area contributed by atoms with Gasteiger partial charge in [-0.1, -0.05) is 6.92 Å². The van der Waals surface area contributed by atoms with Crippen LogP contribution in [0.3, 0.4) is 0 Å². The highest BCUT2D eigenvalue weighted by molar-refractivity contribution is 5.69. The van der Waals surface area contributed by atoms with Crippen molar-refractivity contribution in [3.05, 3.63) is 43.0 Å². The van der Waals surface area contributed by atoms with Crippen LogP contribution in [0.15, 0.2) is 37.2 Å². The Balaban J connectivity index is 1.42. The molecule has 11 heteroatoms. The molecule has 1 aliphatic rings. The van der Waals surface area contributed by atoms with Gasteiger partial charge in [-0.2, -0.15) is 10.1 Å². The molecule has 0 amide bonds. The first kappa shape index (κ1) is 22.6. The average Bonchev–Trinajstić information content (AvgIpc) is 3.34. The van der Waals surface area contributed by atoms with Gasteiger partial charge in [0.25, 0.3) is 0 Å². The topological polar surface area (TPSA) is 115 Å². The molecule has 3 aromatic rings. The van der Waals surface area contributed by atoms with Gasteiger partial charge < -0.3 is 14.5 Å². The first-order chi connectivity index (χ1) is 16.0. The van der Waals surface area contributed by atoms with Crippen molar-refractivity contribution in [3.63, 3.8) is 0 Å². The molecule has 1 aliphatic heterocycles. The van der Waals surface area contributed by atoms with Crippen LogP contribution in [0.5, 0.6) is 0 Å². The largest absolute Gasteiger partial charge is 0.465 e. The van der Waals surface area contributed by atoms with Crippen molar-refractivity contribution in [3.8, 4) is 5.82 Å². The lowest BCUT2D eigenvalue weighted by Gasteiger charge is -2.45. The summed E-state index contributed by atoms with van der Waals surface area (Å²) in [4.78, 5) is 38.3. The number of nitrogens with zero attached hydrogens (tertiary/aromatic N) is 9. The normalized spacial score (nSPS) is 18.4. The zero-order valence-electron chi connectivity index (χ0n) is 19.2. The Bertz CT molecular complexity index is 1050. The maximum atomic E-state index is 11.6. The summed E-state index contributed by atoms with van der Waals surface area (Å²) >= 11 is 0. The van der Waals surface area contributed by atoms with Gasteiger partial charge >= 0.3 is 5.97 Å². The molecule has 0 aliphatic carbocycles. The summed E-state index contributed by atoms with van der Waals surface area (Å²) in [6.45, 7) is 8.07. The molecule has 4 rings (SSSR count). The van der Waals surface area contributed by atoms with Crippen molar-refractivity contribution in [2.75, 3.05) is 29.5 Å². The monoisotopic (exact) mass is 451 g/mol. The smallest absolute Gasteiger partial charge is 0.305 e. The molecule has 174 valence electrons. The van der Waals surface area contributed by atoms with Crippen LogP contribution in [0.25, 0.3) is 5.82 Å². The van der Waals surface area contributed by atoms with E-state index in [1.54, 1.807) is 23.4 Å². The summed E-state index contributed by atoms with van der Waals surface area (Å²) in [6.07, 6.45) is 8.32. The average molecular weight is 452 g/mol. The molecule has 0 bridgehead atoms. The van der Waals surface area contributed by atoms with E-state index in [4.69, 9.17) is 9.72 Å². The van der Waals surface area contributed by atoms with Crippen LogP contribution >= 0.6 is 0 Å². The molecule has 2 atom stereocenters. The fourth-order valence-corrected chi connectivity index (χ4v) is 4.07. The van der Waals surface area contributed by atoms with Gasteiger partial charge in [-0.05, 0) is 26.3 Å². The Kier molecular flexibility index (Phi) is 7.06. The molecule has 4 heterocycles. The highest BCUT2D eigenvalue weighted by atomic mass is 16.5. The number of carbonyl (C=O) groups excluding carboxylic acids is 1. The maximum absolute atomic E-state index is 11.6. The molecule has 0 radical (unpaired) electrons. The molecule has 0 aromatic carbocycles. The molecule has 0 unspecified atom stereocenters. The van der Waals surface area contributed by atoms with E-state index < -0.39 is 0 Å². The lowest BCUT2D eigenvalue weighted by Crippen LogP contribution is -2.57. The minimum atomic E-state index is -0.179. The first-order valence-electron chi connectivity index (χ1n) is 11.2. The third kappa shape index (κ3) is 5.41. The minimum absolute atomic E-state index is 0.178. The van der Waals surface area contributed by atoms with Gasteiger partial charge in [0.05, 0.1) is 6.61 Å². The Hall–Kier alpha value is -3.63. The van der Waals surface area contributed by atoms with Gasteiger partial charge in [-0.15, -0.1) is 0 Å². The highest BCUT2D eigenvalue weighted by Gasteiger charge is 2.32. The number of hydrogen-bond acceptors (Lipinski definition) is 10. The number of aromatic nitrogens is 7. The number of ether oxygens (including phenoxy) is 1. The van der Waals surface area contributed by atoms with Crippen LogP contribution in [0.1, 0.15) is 39.4 Å². The fourth-order valence-electron chi connectivity index (χ4n) is 4.07. The van der Waals surface area contributed by atoms with E-state index in [1.165, 1.54) is 6.33 Å². The summed E-state index contributed by atoms with van der Waals surface area (Å²) in [6, 6.07) is 4.09. The van der Waals surface area contributed by atoms with Gasteiger partial charge in [0, 0.05) is 56.5 Å². The molecule has 3 aromatic heterocycles. The van der Waals surface area contributed by atoms with Crippen molar-refractivity contribution >= 4 is 17.7 Å². The van der Waals surface area contributed by atoms with Crippen LogP contribution < -0.4 is 9.80 Å². The summed E-state index contributed by atoms with van der Waals surface area (Å²) in [5, 5.41) is 4.15. The van der Waals surface area contributed by atoms with Crippen molar-refractivity contribution < 1.29 is 9.53 Å². The summed E-state index contributed by atoms with van der Waals surface area (Å²) in [5.74, 6) is 2.71. The Morgan fingerprint density at radius 1 is 1.09 bits per heavy atom. The standard InChI is InChI=1S/C22H29N9O2/c1-4-5-21(32)33-11-8-18-24-9-7-20(27-18)31-16(2)12-29(13-17(31)3)22-25-10-6-19(28-22)30-15-23-14-26-30/h6-7,9-10,14-17H,4-5,8,11-13H2,1-3H3/t16-,17+. The molecule has 1 saturated heterocycles. The van der Waals surface area contributed by atoms with E-state index in [0.717, 1.165) is 25.3 Å². The predicted octanol–water partition coefficient (Wildman–Crippen LogP) is 1.84. The fraction of sp³-hybridized carbons (Fsp3) is 0.500. The predicted molar refractivity (Wildman–Crippen MR) is 122 cm³/mol. The molecular weight excluding hydrogens is 422 g/mol. The third-order valence-electron chi connectivity index (χ3n) is 5.48. The van der Waals surface area contributed by atoms with Crippen molar-refractivity contribution in [2.45, 2.75) is 52.1 Å². The zero-order valence-corrected chi connectivity index (χ0v) is 19.2. The number of carbonyl (C=O) groups is 1. The van der Waals surface area contributed by atoms with Gasteiger partial charge in [0.1, 0.15) is 24.3 Å². The van der Waals surface area contributed by atoms with Gasteiger partial charge in [0.2, 0.25) is 5.95 Å². The van der Waals surface area contributed by atoms with E-state index >= 15 is 0 Å². The second kappa shape index (κ2) is 10.3. The van der Waals surface area contributed by atoms with Crippen molar-refractivity contribution in [1.29, 1.82) is 0 Å². The van der Waals surface area contributed by atoms with Crippen LogP contribution in [-0.2, 0) is 16.0 Å². The summed E-state index contributed by atoms with van der Waals surface area (Å²) in [7, 11) is 0. The number of anilines is 2.